The van der Waals surface area contributed by atoms with E-state index in [9.17, 15) is 0 Å². The fourth-order valence-electron chi connectivity index (χ4n) is 2.03. The Morgan fingerprint density at radius 2 is 1.03 bits per heavy atom. The third-order valence-corrected chi connectivity index (χ3v) is 3.43. The average molecular weight is 493 g/mol. The summed E-state index contributed by atoms with van der Waals surface area (Å²) >= 11 is 0. The summed E-state index contributed by atoms with van der Waals surface area (Å²) in [6.45, 7) is 10.5. The van der Waals surface area contributed by atoms with Crippen LogP contribution in [0, 0.1) is 25.8 Å². The van der Waals surface area contributed by atoms with Crippen molar-refractivity contribution in [2.45, 2.75) is 41.0 Å². The van der Waals surface area contributed by atoms with Crippen LogP contribution in [0.2, 0.25) is 0 Å². The minimum absolute atomic E-state index is 0. The van der Waals surface area contributed by atoms with Gasteiger partial charge in [0.15, 0.2) is 0 Å². The normalized spacial score (nSPS) is 10.8. The molecule has 34 heavy (non-hydrogen) atoms. The summed E-state index contributed by atoms with van der Waals surface area (Å²) in [4.78, 5) is 0. The molecule has 0 saturated heterocycles. The van der Waals surface area contributed by atoms with Crippen molar-refractivity contribution in [3.8, 4) is 0 Å². The molecule has 0 spiro atoms. The maximum Gasteiger partial charge on any atom is 4.00 e. The Balaban J connectivity index is -0.000000493. The Kier molecular flexibility index (Phi) is 29.4. The number of benzene rings is 2. The molecule has 0 aromatic heterocycles. The van der Waals surface area contributed by atoms with Crippen molar-refractivity contribution in [1.82, 2.24) is 0 Å². The maximum absolute atomic E-state index is 3.50. The molecule has 0 atom stereocenters. The summed E-state index contributed by atoms with van der Waals surface area (Å²) in [5, 5.41) is 7.00. The molecular weight excluding hydrogens is 448 g/mol. The molecule has 0 radical (unpaired) electrons. The van der Waals surface area contributed by atoms with Crippen LogP contribution in [0.4, 0.5) is 0 Å². The molecule has 0 amide bonds. The molecule has 0 bridgehead atoms. The van der Waals surface area contributed by atoms with Crippen LogP contribution in [0.1, 0.15) is 49.4 Å². The maximum atomic E-state index is 3.50. The molecule has 0 N–H and O–H groups in total. The van der Waals surface area contributed by atoms with E-state index >= 15 is 0 Å². The van der Waals surface area contributed by atoms with Crippen molar-refractivity contribution >= 4 is 12.2 Å². The van der Waals surface area contributed by atoms with Crippen molar-refractivity contribution < 1.29 is 21.7 Å². The summed E-state index contributed by atoms with van der Waals surface area (Å²) < 4.78 is 0. The second-order valence-electron chi connectivity index (χ2n) is 7.94. The zero-order valence-electron chi connectivity index (χ0n) is 22.8. The topological polar surface area (TPSA) is 28.2 Å². The van der Waals surface area contributed by atoms with Gasteiger partial charge in [-0.15, -0.1) is 6.42 Å². The SMILES string of the molecule is C[C-](C)C.C[N-]C.C[N-]C.Cc1ccc(C=CC=Cc2ccc(C)cc2)cc1.[C-]1=CC=CC1.[Ti+4]. The van der Waals surface area contributed by atoms with Crippen LogP contribution < -0.4 is 0 Å². The largest absolute Gasteiger partial charge is 4.00 e. The molecule has 3 heteroatoms. The molecule has 1 aliphatic carbocycles. The molecule has 0 heterocycles. The van der Waals surface area contributed by atoms with Gasteiger partial charge in [-0.25, -0.2) is 12.2 Å². The number of rotatable bonds is 3. The first-order valence-electron chi connectivity index (χ1n) is 11.2. The standard InChI is InChI=1S/C18H18.C5H5.C4H9.2C2H6N.Ti/c1-15-7-11-17(12-8-15)5-3-4-6-18-13-9-16(2)10-14-18;1-2-4-5-3-1;1-4(2)3;2*1-3-2;/h3-14H,1-2H3;1-3H,4H2;1-3H3;2*1-2H3;/q;4*-1;+4. The third kappa shape index (κ3) is 28.1. The van der Waals surface area contributed by atoms with Crippen molar-refractivity contribution in [1.29, 1.82) is 0 Å². The molecular formula is C31H44N2Ti. The van der Waals surface area contributed by atoms with E-state index in [-0.39, 0.29) is 21.7 Å². The minimum atomic E-state index is 0. The van der Waals surface area contributed by atoms with E-state index < -0.39 is 0 Å². The van der Waals surface area contributed by atoms with Crippen LogP contribution in [0.3, 0.4) is 0 Å². The first-order chi connectivity index (χ1) is 15.8. The molecule has 0 unspecified atom stereocenters. The van der Waals surface area contributed by atoms with E-state index in [2.05, 4.69) is 130 Å². The van der Waals surface area contributed by atoms with Gasteiger partial charge in [-0.2, -0.15) is 55.0 Å². The van der Waals surface area contributed by atoms with Crippen molar-refractivity contribution in [3.63, 3.8) is 0 Å². The summed E-state index contributed by atoms with van der Waals surface area (Å²) in [7, 11) is 7.00. The predicted molar refractivity (Wildman–Crippen MR) is 153 cm³/mol. The number of hydrogen-bond acceptors (Lipinski definition) is 0. The van der Waals surface area contributed by atoms with E-state index in [1.165, 1.54) is 28.2 Å². The average Bonchev–Trinajstić information content (AvgIpc) is 3.35. The van der Waals surface area contributed by atoms with Crippen LogP contribution in [0.25, 0.3) is 22.8 Å². The smallest absolute Gasteiger partial charge is 0.668 e. The molecule has 2 nitrogen and oxygen atoms in total. The van der Waals surface area contributed by atoms with E-state index in [1.54, 1.807) is 28.2 Å². The Morgan fingerprint density at radius 1 is 0.706 bits per heavy atom. The summed E-state index contributed by atoms with van der Waals surface area (Å²) in [5.41, 5.74) is 5.05. The molecule has 2 aromatic carbocycles. The van der Waals surface area contributed by atoms with E-state index in [0.29, 0.717) is 0 Å². The molecule has 182 valence electrons. The Labute approximate surface area is 226 Å². The summed E-state index contributed by atoms with van der Waals surface area (Å²) in [6.07, 6.45) is 18.4. The number of allylic oxidation sites excluding steroid dienone is 6. The van der Waals surface area contributed by atoms with E-state index in [0.717, 1.165) is 6.42 Å². The zero-order valence-corrected chi connectivity index (χ0v) is 24.3. The molecule has 0 saturated carbocycles. The molecule has 1 aliphatic rings. The fourth-order valence-corrected chi connectivity index (χ4v) is 2.03. The number of hydrogen-bond donors (Lipinski definition) is 0. The van der Waals surface area contributed by atoms with Crippen LogP contribution in [0.5, 0.6) is 0 Å². The quantitative estimate of drug-likeness (QED) is 0.232. The summed E-state index contributed by atoms with van der Waals surface area (Å²) in [5.74, 6) is 1.42. The molecule has 2 aromatic rings. The Hall–Kier alpha value is -1.97. The van der Waals surface area contributed by atoms with Gasteiger partial charge in [-0.1, -0.05) is 84.0 Å². The number of nitrogens with zero attached hydrogens (tertiary/aromatic N) is 2. The van der Waals surface area contributed by atoms with Gasteiger partial charge in [0, 0.05) is 0 Å². The van der Waals surface area contributed by atoms with Crippen molar-refractivity contribution in [2.75, 3.05) is 28.2 Å². The van der Waals surface area contributed by atoms with Crippen LogP contribution in [-0.2, 0) is 21.7 Å². The van der Waals surface area contributed by atoms with Crippen LogP contribution in [0.15, 0.2) is 78.9 Å². The van der Waals surface area contributed by atoms with Gasteiger partial charge >= 0.3 is 21.7 Å². The van der Waals surface area contributed by atoms with Gasteiger partial charge in [0.1, 0.15) is 0 Å². The van der Waals surface area contributed by atoms with Gasteiger partial charge in [0.2, 0.25) is 0 Å². The predicted octanol–water partition coefficient (Wildman–Crippen LogP) is 9.19. The van der Waals surface area contributed by atoms with Crippen molar-refractivity contribution in [3.05, 3.63) is 124 Å². The van der Waals surface area contributed by atoms with Gasteiger partial charge < -0.3 is 16.6 Å². The van der Waals surface area contributed by atoms with Gasteiger partial charge in [0.25, 0.3) is 0 Å². The van der Waals surface area contributed by atoms with Crippen LogP contribution >= 0.6 is 0 Å². The number of aryl methyl sites for hydroxylation is 2. The van der Waals surface area contributed by atoms with Gasteiger partial charge in [-0.3, -0.25) is 6.08 Å². The minimum Gasteiger partial charge on any atom is -0.668 e. The molecule has 0 fully saturated rings. The second kappa shape index (κ2) is 27.3. The zero-order chi connectivity index (χ0) is 25.3. The molecule has 3 rings (SSSR count). The van der Waals surface area contributed by atoms with Gasteiger partial charge in [0.05, 0.1) is 0 Å². The second-order valence-corrected chi connectivity index (χ2v) is 7.94. The van der Waals surface area contributed by atoms with Crippen LogP contribution in [-0.4, -0.2) is 28.2 Å². The first kappa shape index (κ1) is 36.6. The fraction of sp³-hybridized carbons (Fsp3) is 0.323. The van der Waals surface area contributed by atoms with Gasteiger partial charge in [-0.05, 0) is 25.0 Å². The molecule has 0 aliphatic heterocycles. The Bertz CT molecular complexity index is 715. The first-order valence-corrected chi connectivity index (χ1v) is 11.2. The van der Waals surface area contributed by atoms with E-state index in [1.807, 2.05) is 12.2 Å². The van der Waals surface area contributed by atoms with E-state index in [4.69, 9.17) is 0 Å². The van der Waals surface area contributed by atoms with Crippen molar-refractivity contribution in [2.24, 2.45) is 0 Å². The monoisotopic (exact) mass is 492 g/mol. The Morgan fingerprint density at radius 3 is 1.24 bits per heavy atom. The summed E-state index contributed by atoms with van der Waals surface area (Å²) in [6, 6.07) is 17.0. The third-order valence-electron chi connectivity index (χ3n) is 3.43.